The minimum atomic E-state index is -4.75. The lowest BCUT2D eigenvalue weighted by Gasteiger charge is -2.09. The van der Waals surface area contributed by atoms with Crippen LogP contribution in [0.3, 0.4) is 0 Å². The van der Waals surface area contributed by atoms with Crippen LogP contribution in [0.15, 0.2) is 82.6 Å². The molecule has 0 bridgehead atoms. The van der Waals surface area contributed by atoms with Crippen LogP contribution in [0.5, 0.6) is 0 Å². The molecule has 3 aromatic carbocycles. The molecule has 0 spiro atoms. The van der Waals surface area contributed by atoms with Crippen molar-refractivity contribution in [2.75, 3.05) is 0 Å². The van der Waals surface area contributed by atoms with Crippen molar-refractivity contribution >= 4 is 23.0 Å². The third-order valence-electron chi connectivity index (χ3n) is 5.77. The predicted octanol–water partition coefficient (Wildman–Crippen LogP) is 6.48. The number of hydrogen-bond donors (Lipinski definition) is 1. The zero-order valence-electron chi connectivity index (χ0n) is 18.4. The molecule has 0 aliphatic carbocycles. The second-order valence-electron chi connectivity index (χ2n) is 8.24. The van der Waals surface area contributed by atoms with Gasteiger partial charge in [-0.15, -0.1) is 0 Å². The van der Waals surface area contributed by atoms with E-state index in [0.29, 0.717) is 28.2 Å². The molecule has 34 heavy (non-hydrogen) atoms. The SMILES string of the molecule is Cc1cc(C)c2c(c1)C(=Cc1c(C(F)(F)F)[nH]n(-c3ccccc3)c1=O)C(c1ccccc1)=N2. The lowest BCUT2D eigenvalue weighted by atomic mass is 9.93. The first-order chi connectivity index (χ1) is 16.2. The highest BCUT2D eigenvalue weighted by atomic mass is 19.4. The maximum atomic E-state index is 14.0. The summed E-state index contributed by atoms with van der Waals surface area (Å²) in [7, 11) is 0. The first-order valence-electron chi connectivity index (χ1n) is 10.7. The van der Waals surface area contributed by atoms with Crippen molar-refractivity contribution in [3.05, 3.63) is 117 Å². The van der Waals surface area contributed by atoms with Gasteiger partial charge in [-0.1, -0.05) is 60.2 Å². The van der Waals surface area contributed by atoms with Crippen LogP contribution in [0, 0.1) is 13.8 Å². The summed E-state index contributed by atoms with van der Waals surface area (Å²) in [5.74, 6) is 0. The van der Waals surface area contributed by atoms with Gasteiger partial charge in [-0.05, 0) is 43.7 Å². The number of halogens is 3. The van der Waals surface area contributed by atoms with Crippen LogP contribution in [-0.4, -0.2) is 15.5 Å². The second kappa shape index (κ2) is 8.02. The monoisotopic (exact) mass is 459 g/mol. The van der Waals surface area contributed by atoms with Crippen molar-refractivity contribution in [3.8, 4) is 5.69 Å². The zero-order valence-corrected chi connectivity index (χ0v) is 18.4. The molecule has 1 aromatic heterocycles. The fraction of sp³-hybridized carbons (Fsp3) is 0.111. The standard InChI is InChI=1S/C27H20F3N3O/c1-16-13-17(2)23-20(14-16)21(24(31-23)18-9-5-3-6-10-18)15-22-25(27(28,29)30)32-33(26(22)34)19-11-7-4-8-12-19/h3-15,32H,1-2H3. The lowest BCUT2D eigenvalue weighted by molar-refractivity contribution is -0.141. The number of hydrogen-bond acceptors (Lipinski definition) is 2. The van der Waals surface area contributed by atoms with Gasteiger partial charge in [0.1, 0.15) is 5.69 Å². The van der Waals surface area contributed by atoms with Crippen LogP contribution in [0.25, 0.3) is 17.3 Å². The summed E-state index contributed by atoms with van der Waals surface area (Å²) in [6, 6.07) is 21.3. The predicted molar refractivity (Wildman–Crippen MR) is 128 cm³/mol. The first-order valence-corrected chi connectivity index (χ1v) is 10.7. The molecule has 0 radical (unpaired) electrons. The number of allylic oxidation sites excluding steroid dienone is 1. The van der Waals surface area contributed by atoms with E-state index in [1.54, 1.807) is 30.3 Å². The Bertz CT molecular complexity index is 1510. The number of aliphatic imine (C=N–C) groups is 1. The van der Waals surface area contributed by atoms with Crippen LogP contribution in [-0.2, 0) is 6.18 Å². The van der Waals surface area contributed by atoms with Crippen LogP contribution in [0.2, 0.25) is 0 Å². The maximum absolute atomic E-state index is 14.0. The number of aromatic nitrogens is 2. The molecule has 0 atom stereocenters. The highest BCUT2D eigenvalue weighted by molar-refractivity contribution is 6.39. The molecule has 170 valence electrons. The van der Waals surface area contributed by atoms with Crippen LogP contribution >= 0.6 is 0 Å². The van der Waals surface area contributed by atoms with Gasteiger partial charge in [-0.25, -0.2) is 9.67 Å². The van der Waals surface area contributed by atoms with Crippen LogP contribution in [0.4, 0.5) is 18.9 Å². The number of aromatic amines is 1. The van der Waals surface area contributed by atoms with E-state index in [1.807, 2.05) is 56.3 Å². The van der Waals surface area contributed by atoms with E-state index < -0.39 is 23.0 Å². The normalized spacial score (nSPS) is 14.4. The van der Waals surface area contributed by atoms with Crippen molar-refractivity contribution in [2.24, 2.45) is 4.99 Å². The molecule has 0 saturated carbocycles. The van der Waals surface area contributed by atoms with Crippen molar-refractivity contribution in [1.82, 2.24) is 9.78 Å². The van der Waals surface area contributed by atoms with Crippen molar-refractivity contribution in [1.29, 1.82) is 0 Å². The number of aryl methyl sites for hydroxylation is 2. The molecular formula is C27H20F3N3O. The van der Waals surface area contributed by atoms with Crippen molar-refractivity contribution in [3.63, 3.8) is 0 Å². The number of benzene rings is 3. The maximum Gasteiger partial charge on any atom is 0.433 e. The first kappa shape index (κ1) is 21.7. The molecule has 2 heterocycles. The number of alkyl halides is 3. The topological polar surface area (TPSA) is 50.1 Å². The summed E-state index contributed by atoms with van der Waals surface area (Å²) in [5, 5.41) is 2.28. The van der Waals surface area contributed by atoms with E-state index in [-0.39, 0.29) is 0 Å². The van der Waals surface area contributed by atoms with E-state index in [1.165, 1.54) is 6.08 Å². The highest BCUT2D eigenvalue weighted by Gasteiger charge is 2.38. The Morgan fingerprint density at radius 1 is 0.941 bits per heavy atom. The van der Waals surface area contributed by atoms with Gasteiger partial charge in [-0.2, -0.15) is 13.2 Å². The minimum Gasteiger partial charge on any atom is -0.286 e. The van der Waals surface area contributed by atoms with Crippen LogP contribution in [0.1, 0.15) is 33.5 Å². The van der Waals surface area contributed by atoms with Gasteiger partial charge in [0, 0.05) is 16.7 Å². The fourth-order valence-corrected chi connectivity index (χ4v) is 4.28. The van der Waals surface area contributed by atoms with Crippen LogP contribution < -0.4 is 5.56 Å². The smallest absolute Gasteiger partial charge is 0.286 e. The summed E-state index contributed by atoms with van der Waals surface area (Å²) in [6.45, 7) is 3.84. The van der Waals surface area contributed by atoms with Gasteiger partial charge in [-0.3, -0.25) is 9.89 Å². The molecule has 5 rings (SSSR count). The van der Waals surface area contributed by atoms with E-state index in [0.717, 1.165) is 21.4 Å². The summed E-state index contributed by atoms with van der Waals surface area (Å²) in [4.78, 5) is 18.0. The van der Waals surface area contributed by atoms with E-state index in [2.05, 4.69) is 5.10 Å². The van der Waals surface area contributed by atoms with Gasteiger partial charge in [0.05, 0.1) is 22.6 Å². The molecular weight excluding hydrogens is 439 g/mol. The number of nitrogens with one attached hydrogen (secondary N) is 1. The molecule has 7 heteroatoms. The average molecular weight is 459 g/mol. The fourth-order valence-electron chi connectivity index (χ4n) is 4.28. The zero-order chi connectivity index (χ0) is 24.0. The molecule has 0 amide bonds. The quantitative estimate of drug-likeness (QED) is 0.375. The molecule has 1 aliphatic heterocycles. The van der Waals surface area contributed by atoms with Gasteiger partial charge >= 0.3 is 6.18 Å². The van der Waals surface area contributed by atoms with Gasteiger partial charge in [0.25, 0.3) is 5.56 Å². The van der Waals surface area contributed by atoms with E-state index >= 15 is 0 Å². The summed E-state index contributed by atoms with van der Waals surface area (Å²) < 4.78 is 43.0. The Balaban J connectivity index is 1.79. The van der Waals surface area contributed by atoms with Crippen molar-refractivity contribution < 1.29 is 13.2 Å². The molecule has 1 N–H and O–H groups in total. The highest BCUT2D eigenvalue weighted by Crippen LogP contribution is 2.42. The largest absolute Gasteiger partial charge is 0.433 e. The molecule has 0 fully saturated rings. The third kappa shape index (κ3) is 3.69. The molecule has 4 aromatic rings. The number of rotatable bonds is 3. The molecule has 4 nitrogen and oxygen atoms in total. The Hall–Kier alpha value is -4.13. The van der Waals surface area contributed by atoms with Gasteiger partial charge in [0.2, 0.25) is 0 Å². The van der Waals surface area contributed by atoms with E-state index in [9.17, 15) is 18.0 Å². The lowest BCUT2D eigenvalue weighted by Crippen LogP contribution is -2.16. The Labute approximate surface area is 193 Å². The third-order valence-corrected chi connectivity index (χ3v) is 5.77. The van der Waals surface area contributed by atoms with Gasteiger partial charge in [0.15, 0.2) is 0 Å². The summed E-state index contributed by atoms with van der Waals surface area (Å²) in [5.41, 5.74) is 3.03. The number of para-hydroxylation sites is 1. The molecule has 0 saturated heterocycles. The number of fused-ring (bicyclic) bond motifs is 1. The molecule has 1 aliphatic rings. The number of nitrogens with zero attached hydrogens (tertiary/aromatic N) is 2. The van der Waals surface area contributed by atoms with Crippen molar-refractivity contribution in [2.45, 2.75) is 20.0 Å². The Kier molecular flexibility index (Phi) is 5.12. The second-order valence-corrected chi connectivity index (χ2v) is 8.24. The summed E-state index contributed by atoms with van der Waals surface area (Å²) in [6.07, 6.45) is -3.43. The summed E-state index contributed by atoms with van der Waals surface area (Å²) >= 11 is 0. The van der Waals surface area contributed by atoms with Gasteiger partial charge < -0.3 is 0 Å². The Morgan fingerprint density at radius 2 is 1.59 bits per heavy atom. The Morgan fingerprint density at radius 3 is 2.24 bits per heavy atom. The minimum absolute atomic E-state index is 0.318. The average Bonchev–Trinajstić information content (AvgIpc) is 3.34. The van der Waals surface area contributed by atoms with E-state index in [4.69, 9.17) is 4.99 Å². The number of H-pyrrole nitrogens is 1. The molecule has 0 unspecified atom stereocenters.